The number of carbonyl (C=O) groups excluding carboxylic acids is 1. The first-order valence-corrected chi connectivity index (χ1v) is 8.95. The van der Waals surface area contributed by atoms with E-state index in [2.05, 4.69) is 16.7 Å². The molecule has 0 unspecified atom stereocenters. The van der Waals surface area contributed by atoms with Crippen molar-refractivity contribution in [1.82, 2.24) is 5.32 Å². The lowest BCUT2D eigenvalue weighted by atomic mass is 9.93. The molecule has 0 bridgehead atoms. The Kier molecular flexibility index (Phi) is 6.75. The Bertz CT molecular complexity index is 573. The molecular weight excluding hydrogens is 310 g/mol. The highest BCUT2D eigenvalue weighted by molar-refractivity contribution is 7.99. The van der Waals surface area contributed by atoms with Crippen LogP contribution in [0.4, 0.5) is 10.5 Å². The first-order valence-electron chi connectivity index (χ1n) is 7.97. The number of amides is 2. The molecule has 2 rings (SSSR count). The largest absolute Gasteiger partial charge is 0.391 e. The van der Waals surface area contributed by atoms with E-state index in [4.69, 9.17) is 5.26 Å². The number of aliphatic hydroxyl groups is 1. The Balaban J connectivity index is 1.93. The van der Waals surface area contributed by atoms with Crippen LogP contribution in [-0.2, 0) is 0 Å². The topological polar surface area (TPSA) is 85.2 Å². The molecule has 1 aromatic rings. The SMILES string of the molecule is C[C@H](C#N)CSc1ccccc1NC(=O)N[C@@H]1CCCC[C@H]1O. The fourth-order valence-corrected chi connectivity index (χ4v) is 3.51. The van der Waals surface area contributed by atoms with E-state index < -0.39 is 6.10 Å². The Morgan fingerprint density at radius 1 is 1.43 bits per heavy atom. The molecule has 1 aliphatic carbocycles. The standard InChI is InChI=1S/C17H23N3O2S/c1-12(10-18)11-23-16-9-5-3-7-14(16)20-17(22)19-13-6-2-4-8-15(13)21/h3,5,7,9,12-13,15,21H,2,4,6,8,11H2,1H3,(H2,19,20,22)/t12-,13-,15-/m1/s1. The van der Waals surface area contributed by atoms with Crippen molar-refractivity contribution in [3.8, 4) is 6.07 Å². The molecular formula is C17H23N3O2S. The number of nitrogens with zero attached hydrogens (tertiary/aromatic N) is 1. The summed E-state index contributed by atoms with van der Waals surface area (Å²) >= 11 is 1.55. The summed E-state index contributed by atoms with van der Waals surface area (Å²) < 4.78 is 0. The second-order valence-electron chi connectivity index (χ2n) is 5.89. The summed E-state index contributed by atoms with van der Waals surface area (Å²) in [4.78, 5) is 13.1. The monoisotopic (exact) mass is 333 g/mol. The number of nitrogens with one attached hydrogen (secondary N) is 2. The van der Waals surface area contributed by atoms with Crippen molar-refractivity contribution in [1.29, 1.82) is 5.26 Å². The molecule has 0 spiro atoms. The van der Waals surface area contributed by atoms with Crippen molar-refractivity contribution in [3.63, 3.8) is 0 Å². The van der Waals surface area contributed by atoms with Gasteiger partial charge in [0.25, 0.3) is 0 Å². The minimum atomic E-state index is -0.462. The molecule has 0 saturated heterocycles. The number of para-hydroxylation sites is 1. The molecule has 0 aliphatic heterocycles. The van der Waals surface area contributed by atoms with Crippen LogP contribution in [0.25, 0.3) is 0 Å². The van der Waals surface area contributed by atoms with E-state index in [9.17, 15) is 9.90 Å². The second kappa shape index (κ2) is 8.80. The minimum Gasteiger partial charge on any atom is -0.391 e. The molecule has 5 nitrogen and oxygen atoms in total. The summed E-state index contributed by atoms with van der Waals surface area (Å²) in [5.41, 5.74) is 0.727. The third-order valence-corrected chi connectivity index (χ3v) is 5.22. The number of anilines is 1. The Hall–Kier alpha value is -1.71. The van der Waals surface area contributed by atoms with Crippen molar-refractivity contribution in [2.45, 2.75) is 49.6 Å². The summed E-state index contributed by atoms with van der Waals surface area (Å²) in [6.07, 6.45) is 3.13. The highest BCUT2D eigenvalue weighted by Crippen LogP contribution is 2.28. The molecule has 6 heteroatoms. The third kappa shape index (κ3) is 5.45. The van der Waals surface area contributed by atoms with Gasteiger partial charge in [-0.25, -0.2) is 4.79 Å². The van der Waals surface area contributed by atoms with Crippen molar-refractivity contribution >= 4 is 23.5 Å². The van der Waals surface area contributed by atoms with Crippen molar-refractivity contribution in [2.75, 3.05) is 11.1 Å². The molecule has 1 aromatic carbocycles. The van der Waals surface area contributed by atoms with Gasteiger partial charge in [0.2, 0.25) is 0 Å². The number of thioether (sulfide) groups is 1. The summed E-state index contributed by atoms with van der Waals surface area (Å²) in [6.45, 7) is 1.88. The van der Waals surface area contributed by atoms with Gasteiger partial charge in [0.1, 0.15) is 0 Å². The predicted octanol–water partition coefficient (Wildman–Crippen LogP) is 3.36. The van der Waals surface area contributed by atoms with Crippen LogP contribution in [0, 0.1) is 17.2 Å². The van der Waals surface area contributed by atoms with Crippen molar-refractivity contribution in [2.24, 2.45) is 5.92 Å². The summed E-state index contributed by atoms with van der Waals surface area (Å²) in [7, 11) is 0. The summed E-state index contributed by atoms with van der Waals surface area (Å²) in [6, 6.07) is 9.28. The fraction of sp³-hybridized carbons (Fsp3) is 0.529. The van der Waals surface area contributed by atoms with E-state index in [1.807, 2.05) is 31.2 Å². The van der Waals surface area contributed by atoms with Crippen molar-refractivity contribution in [3.05, 3.63) is 24.3 Å². The normalized spacial score (nSPS) is 22.0. The lowest BCUT2D eigenvalue weighted by Gasteiger charge is -2.28. The molecule has 3 N–H and O–H groups in total. The average Bonchev–Trinajstić information content (AvgIpc) is 2.56. The highest BCUT2D eigenvalue weighted by Gasteiger charge is 2.24. The van der Waals surface area contributed by atoms with Gasteiger partial charge in [-0.2, -0.15) is 5.26 Å². The first-order chi connectivity index (χ1) is 11.1. The number of urea groups is 1. The van der Waals surface area contributed by atoms with Gasteiger partial charge in [-0.1, -0.05) is 25.0 Å². The molecule has 2 amide bonds. The Morgan fingerprint density at radius 3 is 2.91 bits per heavy atom. The maximum atomic E-state index is 12.2. The van der Waals surface area contributed by atoms with E-state index in [0.717, 1.165) is 36.3 Å². The maximum absolute atomic E-state index is 12.2. The summed E-state index contributed by atoms with van der Waals surface area (Å²) in [5.74, 6) is 0.636. The van der Waals surface area contributed by atoms with E-state index in [0.29, 0.717) is 5.75 Å². The van der Waals surface area contributed by atoms with Crippen LogP contribution in [-0.4, -0.2) is 29.0 Å². The van der Waals surface area contributed by atoms with Crippen LogP contribution in [0.1, 0.15) is 32.6 Å². The first kappa shape index (κ1) is 17.6. The Labute approximate surface area is 141 Å². The van der Waals surface area contributed by atoms with E-state index >= 15 is 0 Å². The maximum Gasteiger partial charge on any atom is 0.319 e. The molecule has 23 heavy (non-hydrogen) atoms. The highest BCUT2D eigenvalue weighted by atomic mass is 32.2. The Morgan fingerprint density at radius 2 is 2.17 bits per heavy atom. The number of benzene rings is 1. The predicted molar refractivity (Wildman–Crippen MR) is 92.4 cm³/mol. The number of hydrogen-bond acceptors (Lipinski definition) is 4. The number of aliphatic hydroxyl groups excluding tert-OH is 1. The van der Waals surface area contributed by atoms with Crippen LogP contribution < -0.4 is 10.6 Å². The van der Waals surface area contributed by atoms with E-state index in [-0.39, 0.29) is 18.0 Å². The van der Waals surface area contributed by atoms with Gasteiger partial charge in [0.05, 0.1) is 29.8 Å². The smallest absolute Gasteiger partial charge is 0.319 e. The molecule has 0 aromatic heterocycles. The molecule has 124 valence electrons. The van der Waals surface area contributed by atoms with Crippen LogP contribution in [0.3, 0.4) is 0 Å². The fourth-order valence-electron chi connectivity index (χ4n) is 2.55. The van der Waals surface area contributed by atoms with Gasteiger partial charge >= 0.3 is 6.03 Å². The van der Waals surface area contributed by atoms with Gasteiger partial charge in [0.15, 0.2) is 0 Å². The van der Waals surface area contributed by atoms with Gasteiger partial charge in [-0.15, -0.1) is 11.8 Å². The average molecular weight is 333 g/mol. The molecule has 1 saturated carbocycles. The van der Waals surface area contributed by atoms with E-state index in [1.54, 1.807) is 11.8 Å². The lowest BCUT2D eigenvalue weighted by Crippen LogP contribution is -2.46. The van der Waals surface area contributed by atoms with Crippen LogP contribution in [0.5, 0.6) is 0 Å². The lowest BCUT2D eigenvalue weighted by molar-refractivity contribution is 0.0955. The number of nitriles is 1. The van der Waals surface area contributed by atoms with Gasteiger partial charge in [0, 0.05) is 10.6 Å². The molecule has 3 atom stereocenters. The van der Waals surface area contributed by atoms with Crippen LogP contribution >= 0.6 is 11.8 Å². The van der Waals surface area contributed by atoms with E-state index in [1.165, 1.54) is 0 Å². The quantitative estimate of drug-likeness (QED) is 0.721. The minimum absolute atomic E-state index is 0.0423. The van der Waals surface area contributed by atoms with Gasteiger partial charge < -0.3 is 15.7 Å². The van der Waals surface area contributed by atoms with Crippen LogP contribution in [0.2, 0.25) is 0 Å². The molecule has 0 radical (unpaired) electrons. The second-order valence-corrected chi connectivity index (χ2v) is 6.96. The van der Waals surface area contributed by atoms with Crippen molar-refractivity contribution < 1.29 is 9.90 Å². The zero-order valence-corrected chi connectivity index (χ0v) is 14.1. The number of hydrogen-bond donors (Lipinski definition) is 3. The molecule has 1 aliphatic rings. The summed E-state index contributed by atoms with van der Waals surface area (Å²) in [5, 5.41) is 24.5. The molecule has 1 fully saturated rings. The number of carbonyl (C=O) groups is 1. The zero-order chi connectivity index (χ0) is 16.7. The van der Waals surface area contributed by atoms with Crippen LogP contribution in [0.15, 0.2) is 29.2 Å². The number of rotatable bonds is 5. The van der Waals surface area contributed by atoms with Gasteiger partial charge in [-0.05, 0) is 31.9 Å². The van der Waals surface area contributed by atoms with Gasteiger partial charge in [-0.3, -0.25) is 0 Å². The third-order valence-electron chi connectivity index (χ3n) is 3.89. The molecule has 0 heterocycles. The zero-order valence-electron chi connectivity index (χ0n) is 13.3.